The van der Waals surface area contributed by atoms with Crippen molar-refractivity contribution in [3.63, 3.8) is 0 Å². The molecule has 1 N–H and O–H groups in total. The molecular formula is C16H17N3O4S. The first kappa shape index (κ1) is 16.4. The Morgan fingerprint density at radius 1 is 1.46 bits per heavy atom. The van der Waals surface area contributed by atoms with Crippen LogP contribution < -0.4 is 10.3 Å². The summed E-state index contributed by atoms with van der Waals surface area (Å²) in [6.07, 6.45) is 0.371. The monoisotopic (exact) mass is 347 g/mol. The molecule has 1 amide bonds. The Kier molecular flexibility index (Phi) is 4.48. The Morgan fingerprint density at radius 3 is 2.96 bits per heavy atom. The van der Waals surface area contributed by atoms with Gasteiger partial charge in [0.25, 0.3) is 0 Å². The zero-order valence-electron chi connectivity index (χ0n) is 13.4. The lowest BCUT2D eigenvalue weighted by Crippen LogP contribution is -2.32. The van der Waals surface area contributed by atoms with Gasteiger partial charge in [0.15, 0.2) is 0 Å². The van der Waals surface area contributed by atoms with E-state index in [0.29, 0.717) is 11.9 Å². The highest BCUT2D eigenvalue weighted by molar-refractivity contribution is 7.16. The Hall–Kier alpha value is -2.48. The van der Waals surface area contributed by atoms with Gasteiger partial charge in [-0.15, -0.1) is 0 Å². The van der Waals surface area contributed by atoms with Crippen LogP contribution in [0.25, 0.3) is 10.2 Å². The standard InChI is InChI=1S/C16H17N3O4S/c1-3-23-14(21)8-19-11-7-10(4-5-12(11)24-16(19)22)15-9(2)6-13(20)17-18-15/h4-5,7,9H,3,6,8H2,1-2H3,(H,17,20). The fraction of sp³-hybridized carbons (Fsp3) is 0.375. The van der Waals surface area contributed by atoms with E-state index in [0.717, 1.165) is 27.3 Å². The minimum absolute atomic E-state index is 0.0138. The summed E-state index contributed by atoms with van der Waals surface area (Å²) in [4.78, 5) is 35.1. The normalized spacial score (nSPS) is 17.5. The quantitative estimate of drug-likeness (QED) is 0.849. The number of carbonyl (C=O) groups excluding carboxylic acids is 2. The van der Waals surface area contributed by atoms with Gasteiger partial charge in [-0.2, -0.15) is 5.10 Å². The third-order valence-corrected chi connectivity index (χ3v) is 4.78. The average Bonchev–Trinajstić information content (AvgIpc) is 2.83. The summed E-state index contributed by atoms with van der Waals surface area (Å²) in [5, 5.41) is 4.14. The van der Waals surface area contributed by atoms with Crippen molar-refractivity contribution in [2.24, 2.45) is 11.0 Å². The van der Waals surface area contributed by atoms with Crippen LogP contribution in [0.3, 0.4) is 0 Å². The van der Waals surface area contributed by atoms with Crippen molar-refractivity contribution in [3.8, 4) is 0 Å². The van der Waals surface area contributed by atoms with Gasteiger partial charge in [0.05, 0.1) is 22.5 Å². The number of hydrazone groups is 1. The minimum Gasteiger partial charge on any atom is -0.465 e. The van der Waals surface area contributed by atoms with Crippen LogP contribution in [0.5, 0.6) is 0 Å². The SMILES string of the molecule is CCOC(=O)Cn1c(=O)sc2ccc(C3=NNC(=O)CC3C)cc21. The van der Waals surface area contributed by atoms with Crippen LogP contribution in [-0.4, -0.2) is 28.8 Å². The van der Waals surface area contributed by atoms with Crippen LogP contribution in [0.4, 0.5) is 0 Å². The number of amides is 1. The van der Waals surface area contributed by atoms with E-state index in [1.165, 1.54) is 4.57 Å². The number of benzene rings is 1. The lowest BCUT2D eigenvalue weighted by atomic mass is 9.94. The largest absolute Gasteiger partial charge is 0.465 e. The number of thiazole rings is 1. The zero-order valence-corrected chi connectivity index (χ0v) is 14.2. The molecule has 1 unspecified atom stereocenters. The van der Waals surface area contributed by atoms with E-state index in [1.807, 2.05) is 25.1 Å². The summed E-state index contributed by atoms with van der Waals surface area (Å²) in [7, 11) is 0. The lowest BCUT2D eigenvalue weighted by molar-refractivity contribution is -0.143. The molecule has 1 atom stereocenters. The number of esters is 1. The average molecular weight is 347 g/mol. The molecule has 24 heavy (non-hydrogen) atoms. The van der Waals surface area contributed by atoms with E-state index in [4.69, 9.17) is 4.74 Å². The molecular weight excluding hydrogens is 330 g/mol. The highest BCUT2D eigenvalue weighted by atomic mass is 32.1. The van der Waals surface area contributed by atoms with Crippen molar-refractivity contribution in [1.82, 2.24) is 9.99 Å². The molecule has 3 rings (SSSR count). The molecule has 8 heteroatoms. The zero-order chi connectivity index (χ0) is 17.3. The van der Waals surface area contributed by atoms with Crippen molar-refractivity contribution >= 4 is 39.1 Å². The van der Waals surface area contributed by atoms with E-state index in [9.17, 15) is 14.4 Å². The number of nitrogens with zero attached hydrogens (tertiary/aromatic N) is 2. The Bertz CT molecular complexity index is 896. The van der Waals surface area contributed by atoms with Crippen LogP contribution in [0.2, 0.25) is 0 Å². The second-order valence-electron chi connectivity index (χ2n) is 5.58. The molecule has 0 saturated heterocycles. The number of carbonyl (C=O) groups is 2. The fourth-order valence-corrected chi connectivity index (χ4v) is 3.58. The number of aromatic nitrogens is 1. The summed E-state index contributed by atoms with van der Waals surface area (Å²) in [5.74, 6) is -0.567. The molecule has 0 radical (unpaired) electrons. The van der Waals surface area contributed by atoms with E-state index in [-0.39, 0.29) is 29.8 Å². The first-order valence-corrected chi connectivity index (χ1v) is 8.47. The highest BCUT2D eigenvalue weighted by Gasteiger charge is 2.22. The molecule has 1 aromatic carbocycles. The predicted octanol–water partition coefficient (Wildman–Crippen LogP) is 1.49. The van der Waals surface area contributed by atoms with Crippen LogP contribution >= 0.6 is 11.3 Å². The Labute approximate surface area is 141 Å². The van der Waals surface area contributed by atoms with Crippen LogP contribution in [0.1, 0.15) is 25.8 Å². The molecule has 1 aromatic heterocycles. The van der Waals surface area contributed by atoms with Crippen molar-refractivity contribution in [2.45, 2.75) is 26.8 Å². The Morgan fingerprint density at radius 2 is 2.25 bits per heavy atom. The first-order chi connectivity index (χ1) is 11.5. The summed E-state index contributed by atoms with van der Waals surface area (Å²) >= 11 is 1.09. The van der Waals surface area contributed by atoms with Gasteiger partial charge < -0.3 is 4.74 Å². The van der Waals surface area contributed by atoms with Crippen molar-refractivity contribution < 1.29 is 14.3 Å². The molecule has 1 aliphatic heterocycles. The predicted molar refractivity (Wildman–Crippen MR) is 91.2 cm³/mol. The summed E-state index contributed by atoms with van der Waals surface area (Å²) < 4.78 is 7.13. The number of rotatable bonds is 4. The van der Waals surface area contributed by atoms with Gasteiger partial charge in [-0.05, 0) is 19.1 Å². The topological polar surface area (TPSA) is 89.8 Å². The third kappa shape index (κ3) is 3.09. The Balaban J connectivity index is 2.02. The molecule has 0 bridgehead atoms. The number of ether oxygens (including phenoxy) is 1. The summed E-state index contributed by atoms with van der Waals surface area (Å²) in [5.41, 5.74) is 4.74. The van der Waals surface area contributed by atoms with Gasteiger partial charge in [-0.1, -0.05) is 24.3 Å². The van der Waals surface area contributed by atoms with E-state index in [2.05, 4.69) is 10.5 Å². The van der Waals surface area contributed by atoms with Crippen LogP contribution in [-0.2, 0) is 20.9 Å². The van der Waals surface area contributed by atoms with E-state index < -0.39 is 5.97 Å². The maximum absolute atomic E-state index is 12.2. The highest BCUT2D eigenvalue weighted by Crippen LogP contribution is 2.23. The second kappa shape index (κ2) is 6.56. The van der Waals surface area contributed by atoms with E-state index >= 15 is 0 Å². The number of hydrogen-bond donors (Lipinski definition) is 1. The third-order valence-electron chi connectivity index (χ3n) is 3.82. The maximum Gasteiger partial charge on any atom is 0.326 e. The smallest absolute Gasteiger partial charge is 0.326 e. The molecule has 7 nitrogen and oxygen atoms in total. The first-order valence-electron chi connectivity index (χ1n) is 7.65. The van der Waals surface area contributed by atoms with Gasteiger partial charge in [0.1, 0.15) is 6.54 Å². The molecule has 126 valence electrons. The lowest BCUT2D eigenvalue weighted by Gasteiger charge is -2.19. The second-order valence-corrected chi connectivity index (χ2v) is 6.57. The molecule has 0 spiro atoms. The molecule has 0 fully saturated rings. The maximum atomic E-state index is 12.2. The summed E-state index contributed by atoms with van der Waals surface area (Å²) in [6, 6.07) is 5.54. The van der Waals surface area contributed by atoms with Crippen LogP contribution in [0.15, 0.2) is 28.1 Å². The summed E-state index contributed by atoms with van der Waals surface area (Å²) in [6.45, 7) is 3.81. The van der Waals surface area contributed by atoms with Crippen molar-refractivity contribution in [3.05, 3.63) is 33.4 Å². The van der Waals surface area contributed by atoms with E-state index in [1.54, 1.807) is 6.92 Å². The number of nitrogens with one attached hydrogen (secondary N) is 1. The number of fused-ring (bicyclic) bond motifs is 1. The fourth-order valence-electron chi connectivity index (χ4n) is 2.71. The van der Waals surface area contributed by atoms with Gasteiger partial charge in [-0.3, -0.25) is 19.0 Å². The molecule has 0 aliphatic carbocycles. The van der Waals surface area contributed by atoms with Crippen LogP contribution in [0, 0.1) is 5.92 Å². The molecule has 1 aliphatic rings. The van der Waals surface area contributed by atoms with Crippen molar-refractivity contribution in [1.29, 1.82) is 0 Å². The molecule has 2 heterocycles. The van der Waals surface area contributed by atoms with Gasteiger partial charge in [-0.25, -0.2) is 5.43 Å². The molecule has 2 aromatic rings. The van der Waals surface area contributed by atoms with Gasteiger partial charge >= 0.3 is 10.8 Å². The number of hydrogen-bond acceptors (Lipinski definition) is 6. The minimum atomic E-state index is -0.444. The van der Waals surface area contributed by atoms with Gasteiger partial charge in [0.2, 0.25) is 5.91 Å². The van der Waals surface area contributed by atoms with Gasteiger partial charge in [0, 0.05) is 17.9 Å². The van der Waals surface area contributed by atoms with Crippen molar-refractivity contribution in [2.75, 3.05) is 6.61 Å². The molecule has 0 saturated carbocycles.